The van der Waals surface area contributed by atoms with Gasteiger partial charge in [0.05, 0.1) is 11.5 Å². The molecule has 6 heteroatoms. The van der Waals surface area contributed by atoms with Crippen LogP contribution in [0.3, 0.4) is 0 Å². The highest BCUT2D eigenvalue weighted by atomic mass is 19.2. The predicted molar refractivity (Wildman–Crippen MR) is 134 cm³/mol. The molecular weight excluding hydrogens is 446 g/mol. The number of hydrogen-bond donors (Lipinski definition) is 1. The van der Waals surface area contributed by atoms with Gasteiger partial charge < -0.3 is 10.1 Å². The molecule has 1 amide bonds. The summed E-state index contributed by atoms with van der Waals surface area (Å²) in [6.45, 7) is 6.53. The predicted octanol–water partition coefficient (Wildman–Crippen LogP) is 5.88. The van der Waals surface area contributed by atoms with E-state index in [0.717, 1.165) is 56.8 Å². The molecule has 1 saturated heterocycles. The van der Waals surface area contributed by atoms with Crippen LogP contribution in [0.25, 0.3) is 0 Å². The number of ether oxygens (including phenoxy) is 1. The number of carbonyl (C=O) groups is 1. The summed E-state index contributed by atoms with van der Waals surface area (Å²) in [6.07, 6.45) is 6.06. The molecule has 4 nitrogen and oxygen atoms in total. The third-order valence-corrected chi connectivity index (χ3v) is 7.58. The number of nitrogens with zero attached hydrogens (tertiary/aromatic N) is 1. The Bertz CT molecular complexity index is 1000. The number of carbonyl (C=O) groups excluding carboxylic acids is 1. The van der Waals surface area contributed by atoms with Crippen LogP contribution < -0.4 is 10.1 Å². The summed E-state index contributed by atoms with van der Waals surface area (Å²) in [6, 6.07) is 12.5. The van der Waals surface area contributed by atoms with Gasteiger partial charge in [0, 0.05) is 12.1 Å². The highest BCUT2D eigenvalue weighted by molar-refractivity contribution is 5.83. The molecule has 0 aromatic heterocycles. The number of nitrogens with one attached hydrogen (secondary N) is 1. The quantitative estimate of drug-likeness (QED) is 0.589. The monoisotopic (exact) mass is 484 g/mol. The minimum atomic E-state index is -0.810. The summed E-state index contributed by atoms with van der Waals surface area (Å²) < 4.78 is 34.1. The Labute approximate surface area is 208 Å². The first-order chi connectivity index (χ1) is 16.9. The van der Waals surface area contributed by atoms with Crippen molar-refractivity contribution < 1.29 is 18.3 Å². The van der Waals surface area contributed by atoms with Crippen LogP contribution in [0.4, 0.5) is 8.78 Å². The molecule has 4 rings (SSSR count). The van der Waals surface area contributed by atoms with Crippen molar-refractivity contribution in [2.45, 2.75) is 71.4 Å². The van der Waals surface area contributed by atoms with Gasteiger partial charge >= 0.3 is 0 Å². The number of halogens is 2. The summed E-state index contributed by atoms with van der Waals surface area (Å²) in [5, 5.41) is 3.35. The second kappa shape index (κ2) is 11.5. The summed E-state index contributed by atoms with van der Waals surface area (Å²) in [7, 11) is 0. The van der Waals surface area contributed by atoms with Gasteiger partial charge in [-0.2, -0.15) is 0 Å². The molecule has 1 fully saturated rings. The molecule has 35 heavy (non-hydrogen) atoms. The van der Waals surface area contributed by atoms with Crippen molar-refractivity contribution in [3.05, 3.63) is 65.2 Å². The molecule has 2 heterocycles. The van der Waals surface area contributed by atoms with Gasteiger partial charge in [0.2, 0.25) is 5.91 Å². The molecule has 1 atom stereocenters. The summed E-state index contributed by atoms with van der Waals surface area (Å²) in [4.78, 5) is 15.8. The van der Waals surface area contributed by atoms with Crippen LogP contribution in [-0.4, -0.2) is 36.5 Å². The SMILES string of the molecule is CC(C)C[C@H]1COc2ccccc2CCCCC2(CCN(Cc3cccc(F)c3F)CC2)C(=O)N1. The van der Waals surface area contributed by atoms with E-state index in [-0.39, 0.29) is 11.9 Å². The van der Waals surface area contributed by atoms with Gasteiger partial charge in [-0.1, -0.05) is 50.6 Å². The standard InChI is InChI=1S/C29H38F2N2O2/c1-21(2)18-24-20-35-26-12-4-3-8-22(26)9-5-6-13-29(28(34)32-24)14-16-33(17-15-29)19-23-10-7-11-25(30)27(23)31/h3-4,7-8,10-12,21,24H,5-6,9,13-20H2,1-2H3,(H,32,34)/t24-/m0/s1. The lowest BCUT2D eigenvalue weighted by Gasteiger charge is -2.42. The zero-order valence-corrected chi connectivity index (χ0v) is 21.0. The number of hydrogen-bond acceptors (Lipinski definition) is 3. The zero-order valence-electron chi connectivity index (χ0n) is 21.0. The number of piperidine rings is 1. The average molecular weight is 485 g/mol. The van der Waals surface area contributed by atoms with Gasteiger partial charge in [-0.25, -0.2) is 8.78 Å². The first-order valence-electron chi connectivity index (χ1n) is 13.0. The van der Waals surface area contributed by atoms with E-state index >= 15 is 0 Å². The van der Waals surface area contributed by atoms with Crippen molar-refractivity contribution in [2.24, 2.45) is 11.3 Å². The van der Waals surface area contributed by atoms with E-state index in [0.29, 0.717) is 37.7 Å². The van der Waals surface area contributed by atoms with Gasteiger partial charge in [0.15, 0.2) is 11.6 Å². The van der Waals surface area contributed by atoms with Gasteiger partial charge in [0.25, 0.3) is 0 Å². The Balaban J connectivity index is 1.48. The van der Waals surface area contributed by atoms with E-state index < -0.39 is 17.0 Å². The van der Waals surface area contributed by atoms with Gasteiger partial charge in [0.1, 0.15) is 12.4 Å². The Morgan fingerprint density at radius 3 is 2.60 bits per heavy atom. The number of fused-ring (bicyclic) bond motifs is 1. The number of aryl methyl sites for hydroxylation is 1. The van der Waals surface area contributed by atoms with Crippen molar-refractivity contribution in [2.75, 3.05) is 19.7 Å². The molecule has 0 unspecified atom stereocenters. The van der Waals surface area contributed by atoms with E-state index in [9.17, 15) is 13.6 Å². The number of amides is 1. The largest absolute Gasteiger partial charge is 0.491 e. The smallest absolute Gasteiger partial charge is 0.226 e. The van der Waals surface area contributed by atoms with E-state index in [1.807, 2.05) is 12.1 Å². The van der Waals surface area contributed by atoms with Crippen LogP contribution in [0.15, 0.2) is 42.5 Å². The fraction of sp³-hybridized carbons (Fsp3) is 0.552. The molecule has 2 aliphatic heterocycles. The van der Waals surface area contributed by atoms with Crippen LogP contribution in [0.5, 0.6) is 5.75 Å². The van der Waals surface area contributed by atoms with E-state index in [1.54, 1.807) is 12.1 Å². The molecule has 1 spiro atoms. The second-order valence-corrected chi connectivity index (χ2v) is 10.7. The van der Waals surface area contributed by atoms with Crippen molar-refractivity contribution in [3.63, 3.8) is 0 Å². The van der Waals surface area contributed by atoms with E-state index in [1.165, 1.54) is 5.56 Å². The van der Waals surface area contributed by atoms with E-state index in [4.69, 9.17) is 4.74 Å². The van der Waals surface area contributed by atoms with Gasteiger partial charge in [-0.15, -0.1) is 0 Å². The van der Waals surface area contributed by atoms with Crippen molar-refractivity contribution in [1.29, 1.82) is 0 Å². The molecule has 0 radical (unpaired) electrons. The van der Waals surface area contributed by atoms with Crippen LogP contribution in [0.2, 0.25) is 0 Å². The molecule has 190 valence electrons. The maximum absolute atomic E-state index is 14.2. The van der Waals surface area contributed by atoms with Gasteiger partial charge in [-0.05, 0) is 75.2 Å². The topological polar surface area (TPSA) is 41.6 Å². The molecule has 1 N–H and O–H groups in total. The maximum Gasteiger partial charge on any atom is 0.226 e. The Hall–Kier alpha value is -2.47. The molecule has 2 aliphatic rings. The molecule has 0 saturated carbocycles. The lowest BCUT2D eigenvalue weighted by atomic mass is 9.73. The maximum atomic E-state index is 14.2. The molecule has 2 aromatic carbocycles. The molecule has 2 aromatic rings. The molecular formula is C29H38F2N2O2. The Morgan fingerprint density at radius 2 is 1.83 bits per heavy atom. The van der Waals surface area contributed by atoms with Crippen LogP contribution in [0, 0.1) is 23.0 Å². The second-order valence-electron chi connectivity index (χ2n) is 10.7. The fourth-order valence-electron chi connectivity index (χ4n) is 5.54. The number of likely N-dealkylation sites (tertiary alicyclic amines) is 1. The summed E-state index contributed by atoms with van der Waals surface area (Å²) in [5.41, 5.74) is 1.17. The summed E-state index contributed by atoms with van der Waals surface area (Å²) >= 11 is 0. The van der Waals surface area contributed by atoms with Crippen LogP contribution >= 0.6 is 0 Å². The molecule has 0 aliphatic carbocycles. The lowest BCUT2D eigenvalue weighted by Crippen LogP contribution is -2.52. The zero-order chi connectivity index (χ0) is 24.8. The normalized spacial score (nSPS) is 21.5. The first kappa shape index (κ1) is 25.6. The third-order valence-electron chi connectivity index (χ3n) is 7.58. The van der Waals surface area contributed by atoms with Crippen molar-refractivity contribution >= 4 is 5.91 Å². The van der Waals surface area contributed by atoms with E-state index in [2.05, 4.69) is 36.2 Å². The first-order valence-corrected chi connectivity index (χ1v) is 13.0. The van der Waals surface area contributed by atoms with Gasteiger partial charge in [-0.3, -0.25) is 9.69 Å². The van der Waals surface area contributed by atoms with Crippen LogP contribution in [0.1, 0.15) is 63.5 Å². The minimum absolute atomic E-state index is 0.0497. The van der Waals surface area contributed by atoms with Crippen molar-refractivity contribution in [1.82, 2.24) is 10.2 Å². The number of rotatable bonds is 4. The molecule has 0 bridgehead atoms. The highest BCUT2D eigenvalue weighted by Gasteiger charge is 2.41. The number of benzene rings is 2. The Kier molecular flexibility index (Phi) is 8.42. The van der Waals surface area contributed by atoms with Crippen LogP contribution in [-0.2, 0) is 17.8 Å². The number of para-hydroxylation sites is 1. The minimum Gasteiger partial charge on any atom is -0.491 e. The fourth-order valence-corrected chi connectivity index (χ4v) is 5.54. The highest BCUT2D eigenvalue weighted by Crippen LogP contribution is 2.38. The lowest BCUT2D eigenvalue weighted by molar-refractivity contribution is -0.136. The Morgan fingerprint density at radius 1 is 1.06 bits per heavy atom. The third kappa shape index (κ3) is 6.40. The average Bonchev–Trinajstić information content (AvgIpc) is 2.84. The van der Waals surface area contributed by atoms with Crippen molar-refractivity contribution in [3.8, 4) is 5.75 Å². The summed E-state index contributed by atoms with van der Waals surface area (Å²) in [5.74, 6) is -0.102.